The third-order valence-electron chi connectivity index (χ3n) is 5.72. The maximum atomic E-state index is 12.7. The Morgan fingerprint density at radius 1 is 1.04 bits per heavy atom. The van der Waals surface area contributed by atoms with Crippen LogP contribution in [0.5, 0.6) is 0 Å². The summed E-state index contributed by atoms with van der Waals surface area (Å²) < 4.78 is 5.48. The highest BCUT2D eigenvalue weighted by Gasteiger charge is 2.49. The van der Waals surface area contributed by atoms with Crippen molar-refractivity contribution in [3.05, 3.63) is 60.2 Å². The van der Waals surface area contributed by atoms with E-state index in [0.29, 0.717) is 12.5 Å². The van der Waals surface area contributed by atoms with Crippen LogP contribution in [-0.2, 0) is 14.3 Å². The number of rotatable bonds is 5. The number of para-hydroxylation sites is 2. The summed E-state index contributed by atoms with van der Waals surface area (Å²) in [5.74, 6) is 0.171. The number of ether oxygens (including phenoxy) is 1. The Balaban J connectivity index is 1.79. The van der Waals surface area contributed by atoms with Crippen LogP contribution in [-0.4, -0.2) is 24.5 Å². The predicted molar refractivity (Wildman–Crippen MR) is 109 cm³/mol. The molecule has 146 valence electrons. The fourth-order valence-electron chi connectivity index (χ4n) is 4.43. The molecule has 0 spiro atoms. The van der Waals surface area contributed by atoms with E-state index in [1.54, 1.807) is 6.92 Å². The number of nitrogens with one attached hydrogen (secondary N) is 1. The fourth-order valence-corrected chi connectivity index (χ4v) is 4.43. The molecular formula is C23H26N2O3. The molecule has 2 aromatic rings. The molecular weight excluding hydrogens is 352 g/mol. The van der Waals surface area contributed by atoms with E-state index in [4.69, 9.17) is 4.74 Å². The first-order valence-corrected chi connectivity index (χ1v) is 9.90. The van der Waals surface area contributed by atoms with Gasteiger partial charge in [-0.1, -0.05) is 36.4 Å². The molecule has 2 aromatic carbocycles. The van der Waals surface area contributed by atoms with Gasteiger partial charge in [0.25, 0.3) is 0 Å². The van der Waals surface area contributed by atoms with Gasteiger partial charge in [-0.05, 0) is 42.5 Å². The Morgan fingerprint density at radius 2 is 1.71 bits per heavy atom. The number of anilines is 2. The summed E-state index contributed by atoms with van der Waals surface area (Å²) in [6.07, 6.45) is 2.20. The van der Waals surface area contributed by atoms with Gasteiger partial charge in [0.1, 0.15) is 0 Å². The topological polar surface area (TPSA) is 58.6 Å². The molecule has 0 saturated heterocycles. The SMILES string of the molecule is CC(=O)OC[C@H]1[C@@H](C2CC2)N(C(C)=O)c2ccccc2[C@@H]1Nc1ccccc1. The van der Waals surface area contributed by atoms with Crippen LogP contribution in [0, 0.1) is 11.8 Å². The van der Waals surface area contributed by atoms with E-state index in [2.05, 4.69) is 11.4 Å². The van der Waals surface area contributed by atoms with Crippen LogP contribution in [0.4, 0.5) is 11.4 Å². The molecule has 1 aliphatic heterocycles. The molecule has 0 bridgehead atoms. The smallest absolute Gasteiger partial charge is 0.302 e. The Labute approximate surface area is 165 Å². The van der Waals surface area contributed by atoms with Crippen molar-refractivity contribution in [2.75, 3.05) is 16.8 Å². The van der Waals surface area contributed by atoms with Gasteiger partial charge in [0.15, 0.2) is 0 Å². The van der Waals surface area contributed by atoms with Crippen molar-refractivity contribution in [3.8, 4) is 0 Å². The number of benzene rings is 2. The Morgan fingerprint density at radius 3 is 2.36 bits per heavy atom. The zero-order chi connectivity index (χ0) is 19.7. The van der Waals surface area contributed by atoms with Crippen molar-refractivity contribution in [1.29, 1.82) is 0 Å². The Kier molecular flexibility index (Phi) is 5.07. The first-order chi connectivity index (χ1) is 13.6. The van der Waals surface area contributed by atoms with E-state index in [9.17, 15) is 9.59 Å². The monoisotopic (exact) mass is 378 g/mol. The molecule has 4 rings (SSSR count). The van der Waals surface area contributed by atoms with Crippen molar-refractivity contribution in [2.24, 2.45) is 11.8 Å². The van der Waals surface area contributed by atoms with Crippen molar-refractivity contribution in [3.63, 3.8) is 0 Å². The Hall–Kier alpha value is -2.82. The molecule has 1 aliphatic carbocycles. The van der Waals surface area contributed by atoms with E-state index in [1.165, 1.54) is 6.92 Å². The number of hydrogen-bond acceptors (Lipinski definition) is 4. The maximum Gasteiger partial charge on any atom is 0.302 e. The first kappa shape index (κ1) is 18.5. The number of hydrogen-bond donors (Lipinski definition) is 1. The minimum absolute atomic E-state index is 0.0181. The molecule has 2 aliphatic rings. The molecule has 1 amide bonds. The molecule has 0 aromatic heterocycles. The van der Waals surface area contributed by atoms with Gasteiger partial charge < -0.3 is 15.0 Å². The zero-order valence-electron chi connectivity index (χ0n) is 16.3. The molecule has 1 N–H and O–H groups in total. The average Bonchev–Trinajstić information content (AvgIpc) is 3.52. The highest BCUT2D eigenvalue weighted by molar-refractivity contribution is 5.94. The summed E-state index contributed by atoms with van der Waals surface area (Å²) in [4.78, 5) is 26.2. The fraction of sp³-hybridized carbons (Fsp3) is 0.391. The molecule has 5 nitrogen and oxygen atoms in total. The number of fused-ring (bicyclic) bond motifs is 1. The summed E-state index contributed by atoms with van der Waals surface area (Å²) >= 11 is 0. The molecule has 1 heterocycles. The van der Waals surface area contributed by atoms with Crippen molar-refractivity contribution < 1.29 is 14.3 Å². The van der Waals surface area contributed by atoms with Gasteiger partial charge in [-0.3, -0.25) is 9.59 Å². The van der Waals surface area contributed by atoms with E-state index < -0.39 is 0 Å². The normalized spacial score (nSPS) is 23.6. The predicted octanol–water partition coefficient (Wildman–Crippen LogP) is 4.16. The number of carbonyl (C=O) groups is 2. The largest absolute Gasteiger partial charge is 0.465 e. The summed E-state index contributed by atoms with van der Waals surface area (Å²) in [7, 11) is 0. The zero-order valence-corrected chi connectivity index (χ0v) is 16.3. The van der Waals surface area contributed by atoms with Gasteiger partial charge in [0.2, 0.25) is 5.91 Å². The molecule has 1 saturated carbocycles. The number of esters is 1. The first-order valence-electron chi connectivity index (χ1n) is 9.90. The standard InChI is InChI=1S/C23H26N2O3/c1-15(26)25-21-11-7-6-10-19(21)22(24-18-8-4-3-5-9-18)20(14-28-16(2)27)23(25)17-12-13-17/h3-11,17,20,22-24H,12-14H2,1-2H3/t20-,22+,23-/m1/s1. The molecule has 1 fully saturated rings. The summed E-state index contributed by atoms with van der Waals surface area (Å²) in [5, 5.41) is 3.65. The maximum absolute atomic E-state index is 12.7. The molecule has 28 heavy (non-hydrogen) atoms. The Bertz CT molecular complexity index is 863. The van der Waals surface area contributed by atoms with E-state index in [1.807, 2.05) is 53.4 Å². The summed E-state index contributed by atoms with van der Waals surface area (Å²) in [6.45, 7) is 3.35. The van der Waals surface area contributed by atoms with Crippen LogP contribution < -0.4 is 10.2 Å². The van der Waals surface area contributed by atoms with Crippen molar-refractivity contribution in [2.45, 2.75) is 38.8 Å². The summed E-state index contributed by atoms with van der Waals surface area (Å²) in [5.41, 5.74) is 3.04. The van der Waals surface area contributed by atoms with Crippen LogP contribution in [0.2, 0.25) is 0 Å². The van der Waals surface area contributed by atoms with Gasteiger partial charge in [-0.15, -0.1) is 0 Å². The van der Waals surface area contributed by atoms with Crippen molar-refractivity contribution in [1.82, 2.24) is 0 Å². The number of amides is 1. The lowest BCUT2D eigenvalue weighted by molar-refractivity contribution is -0.142. The lowest BCUT2D eigenvalue weighted by Gasteiger charge is -2.46. The van der Waals surface area contributed by atoms with Crippen LogP contribution >= 0.6 is 0 Å². The second kappa shape index (κ2) is 7.66. The third-order valence-corrected chi connectivity index (χ3v) is 5.72. The van der Waals surface area contributed by atoms with Gasteiger partial charge >= 0.3 is 5.97 Å². The van der Waals surface area contributed by atoms with Gasteiger partial charge in [-0.2, -0.15) is 0 Å². The highest BCUT2D eigenvalue weighted by atomic mass is 16.5. The van der Waals surface area contributed by atoms with Gasteiger partial charge in [-0.25, -0.2) is 0 Å². The molecule has 0 radical (unpaired) electrons. The number of nitrogens with zero attached hydrogens (tertiary/aromatic N) is 1. The van der Waals surface area contributed by atoms with Gasteiger partial charge in [0.05, 0.1) is 12.6 Å². The second-order valence-corrected chi connectivity index (χ2v) is 7.73. The third kappa shape index (κ3) is 3.61. The summed E-state index contributed by atoms with van der Waals surface area (Å²) in [6, 6.07) is 18.1. The lowest BCUT2D eigenvalue weighted by atomic mass is 9.79. The number of carbonyl (C=O) groups excluding carboxylic acids is 2. The van der Waals surface area contributed by atoms with Crippen LogP contribution in [0.25, 0.3) is 0 Å². The molecule has 5 heteroatoms. The highest BCUT2D eigenvalue weighted by Crippen LogP contribution is 2.50. The van der Waals surface area contributed by atoms with E-state index in [-0.39, 0.29) is 29.9 Å². The van der Waals surface area contributed by atoms with E-state index >= 15 is 0 Å². The minimum atomic E-state index is -0.291. The second-order valence-electron chi connectivity index (χ2n) is 7.73. The van der Waals surface area contributed by atoms with E-state index in [0.717, 1.165) is 29.8 Å². The van der Waals surface area contributed by atoms with Gasteiger partial charge in [0, 0.05) is 37.2 Å². The average molecular weight is 378 g/mol. The molecule has 3 atom stereocenters. The van der Waals surface area contributed by atoms with Crippen molar-refractivity contribution >= 4 is 23.3 Å². The quantitative estimate of drug-likeness (QED) is 0.794. The van der Waals surface area contributed by atoms with Crippen LogP contribution in [0.15, 0.2) is 54.6 Å². The lowest BCUT2D eigenvalue weighted by Crippen LogP contribution is -2.53. The van der Waals surface area contributed by atoms with Crippen LogP contribution in [0.1, 0.15) is 38.3 Å². The van der Waals surface area contributed by atoms with Crippen LogP contribution in [0.3, 0.4) is 0 Å². The minimum Gasteiger partial charge on any atom is -0.465 e. The molecule has 0 unspecified atom stereocenters.